The lowest BCUT2D eigenvalue weighted by Crippen LogP contribution is -3.00. The number of fused-ring (bicyclic) bond motifs is 1. The number of benzene rings is 1. The molecule has 1 aromatic rings. The third-order valence-corrected chi connectivity index (χ3v) is 3.50. The standard InChI is InChI=1S/C13H18NO.HI/c1-10-13(2,3)11-6-4-5-7-12(11)14(10)8-9-15;/h4-7,15H,8-9H2,1-3H3;1H/q+1;/p-1. The highest BCUT2D eigenvalue weighted by atomic mass is 127. The monoisotopic (exact) mass is 331 g/mol. The van der Waals surface area contributed by atoms with Gasteiger partial charge in [-0.3, -0.25) is 0 Å². The second-order valence-electron chi connectivity index (χ2n) is 4.60. The predicted octanol–water partition coefficient (Wildman–Crippen LogP) is -0.921. The Bertz CT molecular complexity index is 424. The third kappa shape index (κ3) is 1.91. The minimum Gasteiger partial charge on any atom is -1.00 e. The van der Waals surface area contributed by atoms with Gasteiger partial charge in [-0.25, -0.2) is 0 Å². The number of hydrogen-bond donors (Lipinski definition) is 1. The molecule has 0 spiro atoms. The van der Waals surface area contributed by atoms with Crippen molar-refractivity contribution in [3.63, 3.8) is 0 Å². The molecule has 1 heterocycles. The van der Waals surface area contributed by atoms with Gasteiger partial charge in [-0.15, -0.1) is 0 Å². The summed E-state index contributed by atoms with van der Waals surface area (Å²) in [6, 6.07) is 8.44. The van der Waals surface area contributed by atoms with Crippen molar-refractivity contribution >= 4 is 11.4 Å². The normalized spacial score (nSPS) is 17.0. The van der Waals surface area contributed by atoms with Crippen molar-refractivity contribution in [1.29, 1.82) is 0 Å². The van der Waals surface area contributed by atoms with Crippen LogP contribution < -0.4 is 24.0 Å². The highest BCUT2D eigenvalue weighted by Crippen LogP contribution is 2.38. The Kier molecular flexibility index (Phi) is 4.12. The second-order valence-corrected chi connectivity index (χ2v) is 4.60. The first-order chi connectivity index (χ1) is 7.09. The lowest BCUT2D eigenvalue weighted by Gasteiger charge is -2.14. The summed E-state index contributed by atoms with van der Waals surface area (Å²) in [5, 5.41) is 9.09. The zero-order valence-electron chi connectivity index (χ0n) is 10.00. The highest BCUT2D eigenvalue weighted by Gasteiger charge is 2.42. The fourth-order valence-electron chi connectivity index (χ4n) is 2.34. The molecular weight excluding hydrogens is 313 g/mol. The molecule has 0 aliphatic carbocycles. The molecule has 0 atom stereocenters. The molecule has 16 heavy (non-hydrogen) atoms. The lowest BCUT2D eigenvalue weighted by molar-refractivity contribution is -0.442. The number of hydrogen-bond acceptors (Lipinski definition) is 1. The van der Waals surface area contributed by atoms with Gasteiger partial charge in [0, 0.05) is 18.6 Å². The average molecular weight is 331 g/mol. The summed E-state index contributed by atoms with van der Waals surface area (Å²) in [7, 11) is 0. The molecule has 0 unspecified atom stereocenters. The molecular formula is C13H18INO. The van der Waals surface area contributed by atoms with E-state index in [1.807, 2.05) is 0 Å². The van der Waals surface area contributed by atoms with Gasteiger partial charge in [-0.05, 0) is 13.8 Å². The smallest absolute Gasteiger partial charge is 0.209 e. The van der Waals surface area contributed by atoms with Crippen LogP contribution in [0.25, 0.3) is 0 Å². The van der Waals surface area contributed by atoms with Crippen LogP contribution in [0.4, 0.5) is 5.69 Å². The largest absolute Gasteiger partial charge is 1.00 e. The molecule has 0 fully saturated rings. The van der Waals surface area contributed by atoms with Crippen LogP contribution in [0.1, 0.15) is 26.3 Å². The summed E-state index contributed by atoms with van der Waals surface area (Å²) in [5.41, 5.74) is 4.01. The fourth-order valence-corrected chi connectivity index (χ4v) is 2.34. The van der Waals surface area contributed by atoms with Crippen molar-refractivity contribution in [2.75, 3.05) is 13.2 Å². The number of aliphatic hydroxyl groups excluding tert-OH is 1. The van der Waals surface area contributed by atoms with Crippen molar-refractivity contribution in [3.8, 4) is 0 Å². The predicted molar refractivity (Wildman–Crippen MR) is 62.0 cm³/mol. The molecule has 88 valence electrons. The minimum atomic E-state index is 0. The molecule has 2 nitrogen and oxygen atoms in total. The van der Waals surface area contributed by atoms with Gasteiger partial charge in [0.15, 0.2) is 12.3 Å². The molecule has 0 radical (unpaired) electrons. The number of halogens is 1. The van der Waals surface area contributed by atoms with E-state index in [0.29, 0.717) is 6.54 Å². The Labute approximate surface area is 114 Å². The second kappa shape index (κ2) is 4.84. The summed E-state index contributed by atoms with van der Waals surface area (Å²) in [5.74, 6) is 0. The highest BCUT2D eigenvalue weighted by molar-refractivity contribution is 5.93. The van der Waals surface area contributed by atoms with Crippen molar-refractivity contribution in [3.05, 3.63) is 29.8 Å². The van der Waals surface area contributed by atoms with E-state index < -0.39 is 0 Å². The van der Waals surface area contributed by atoms with E-state index >= 15 is 0 Å². The van der Waals surface area contributed by atoms with E-state index in [1.165, 1.54) is 17.0 Å². The zero-order valence-corrected chi connectivity index (χ0v) is 12.2. The van der Waals surface area contributed by atoms with Crippen LogP contribution in [-0.4, -0.2) is 28.5 Å². The molecule has 1 N–H and O–H groups in total. The molecule has 1 aliphatic rings. The van der Waals surface area contributed by atoms with Crippen LogP contribution in [0.15, 0.2) is 24.3 Å². The first kappa shape index (κ1) is 13.6. The molecule has 1 aromatic carbocycles. The number of β-amino-alcohol motifs (C(OH)–C–C–N with tert-alkyl or cyclic N) is 1. The van der Waals surface area contributed by atoms with E-state index in [1.54, 1.807) is 0 Å². The molecule has 2 rings (SSSR count). The zero-order chi connectivity index (χ0) is 11.1. The molecule has 3 heteroatoms. The van der Waals surface area contributed by atoms with Crippen LogP contribution in [0, 0.1) is 0 Å². The Balaban J connectivity index is 0.00000128. The third-order valence-electron chi connectivity index (χ3n) is 3.50. The van der Waals surface area contributed by atoms with Crippen molar-refractivity contribution in [2.45, 2.75) is 26.2 Å². The van der Waals surface area contributed by atoms with Crippen LogP contribution in [0.2, 0.25) is 0 Å². The van der Waals surface area contributed by atoms with Crippen molar-refractivity contribution < 1.29 is 33.7 Å². The maximum absolute atomic E-state index is 9.09. The SMILES string of the molecule is CC1=[N+](CCO)c2ccccc2C1(C)C.[I-]. The van der Waals surface area contributed by atoms with E-state index in [2.05, 4.69) is 49.6 Å². The van der Waals surface area contributed by atoms with E-state index in [-0.39, 0.29) is 36.0 Å². The quantitative estimate of drug-likeness (QED) is 0.550. The topological polar surface area (TPSA) is 23.2 Å². The first-order valence-corrected chi connectivity index (χ1v) is 5.41. The van der Waals surface area contributed by atoms with E-state index in [9.17, 15) is 0 Å². The van der Waals surface area contributed by atoms with Crippen LogP contribution in [0.5, 0.6) is 0 Å². The summed E-state index contributed by atoms with van der Waals surface area (Å²) >= 11 is 0. The summed E-state index contributed by atoms with van der Waals surface area (Å²) in [6.07, 6.45) is 0. The van der Waals surface area contributed by atoms with Crippen molar-refractivity contribution in [1.82, 2.24) is 0 Å². The average Bonchev–Trinajstić information content (AvgIpc) is 2.42. The van der Waals surface area contributed by atoms with Gasteiger partial charge >= 0.3 is 0 Å². The number of nitrogens with zero attached hydrogens (tertiary/aromatic N) is 1. The first-order valence-electron chi connectivity index (χ1n) is 5.41. The number of rotatable bonds is 2. The van der Waals surface area contributed by atoms with Gasteiger partial charge in [0.1, 0.15) is 6.61 Å². The summed E-state index contributed by atoms with van der Waals surface area (Å²) < 4.78 is 2.22. The molecule has 1 aliphatic heterocycles. The van der Waals surface area contributed by atoms with Gasteiger partial charge in [0.2, 0.25) is 5.69 Å². The Morgan fingerprint density at radius 2 is 1.88 bits per heavy atom. The molecule has 0 saturated heterocycles. The van der Waals surface area contributed by atoms with E-state index in [0.717, 1.165) is 0 Å². The van der Waals surface area contributed by atoms with Gasteiger partial charge in [-0.1, -0.05) is 18.2 Å². The van der Waals surface area contributed by atoms with Crippen LogP contribution in [0.3, 0.4) is 0 Å². The summed E-state index contributed by atoms with van der Waals surface area (Å²) in [6.45, 7) is 7.50. The Morgan fingerprint density at radius 3 is 2.50 bits per heavy atom. The maximum atomic E-state index is 9.09. The Hall–Kier alpha value is -0.420. The lowest BCUT2D eigenvalue weighted by atomic mass is 9.82. The molecule has 0 amide bonds. The molecule has 0 bridgehead atoms. The van der Waals surface area contributed by atoms with Crippen molar-refractivity contribution in [2.24, 2.45) is 0 Å². The molecule has 0 aromatic heterocycles. The Morgan fingerprint density at radius 1 is 1.25 bits per heavy atom. The van der Waals surface area contributed by atoms with Gasteiger partial charge in [0.25, 0.3) is 0 Å². The van der Waals surface area contributed by atoms with Crippen LogP contribution >= 0.6 is 0 Å². The maximum Gasteiger partial charge on any atom is 0.209 e. The number of aliphatic hydroxyl groups is 1. The summed E-state index contributed by atoms with van der Waals surface area (Å²) in [4.78, 5) is 0. The van der Waals surface area contributed by atoms with Gasteiger partial charge in [-0.2, -0.15) is 4.58 Å². The van der Waals surface area contributed by atoms with Gasteiger partial charge < -0.3 is 29.1 Å². The minimum absolute atomic E-state index is 0. The molecule has 0 saturated carbocycles. The van der Waals surface area contributed by atoms with Crippen LogP contribution in [-0.2, 0) is 5.41 Å². The van der Waals surface area contributed by atoms with E-state index in [4.69, 9.17) is 5.11 Å². The number of para-hydroxylation sites is 1. The fraction of sp³-hybridized carbons (Fsp3) is 0.462. The van der Waals surface area contributed by atoms with Gasteiger partial charge in [0.05, 0.1) is 5.41 Å².